The van der Waals surface area contributed by atoms with Gasteiger partial charge in [0.25, 0.3) is 0 Å². The third-order valence-corrected chi connectivity index (χ3v) is 4.80. The SMILES string of the molecule is [B]SOCC1(COC(=O)CCC(=C)C)CN(C(=C)CCCCCC)C1. The van der Waals surface area contributed by atoms with Crippen molar-refractivity contribution in [2.75, 3.05) is 26.3 Å². The van der Waals surface area contributed by atoms with Gasteiger partial charge in [-0.1, -0.05) is 50.2 Å². The van der Waals surface area contributed by atoms with Gasteiger partial charge in [0.05, 0.1) is 12.0 Å². The van der Waals surface area contributed by atoms with Crippen molar-refractivity contribution in [1.82, 2.24) is 4.90 Å². The smallest absolute Gasteiger partial charge is 0.306 e. The molecule has 1 aliphatic heterocycles. The topological polar surface area (TPSA) is 38.8 Å². The summed E-state index contributed by atoms with van der Waals surface area (Å²) < 4.78 is 10.8. The highest BCUT2D eigenvalue weighted by atomic mass is 32.2. The number of hydrogen-bond donors (Lipinski definition) is 0. The number of carbonyl (C=O) groups excluding carboxylic acids is 1. The van der Waals surface area contributed by atoms with Gasteiger partial charge in [0.1, 0.15) is 6.61 Å². The molecule has 0 bridgehead atoms. The van der Waals surface area contributed by atoms with Crippen LogP contribution in [0.3, 0.4) is 0 Å². The minimum atomic E-state index is -0.183. The highest BCUT2D eigenvalue weighted by Gasteiger charge is 2.45. The Labute approximate surface area is 158 Å². The van der Waals surface area contributed by atoms with E-state index in [4.69, 9.17) is 16.0 Å². The molecule has 1 heterocycles. The highest BCUT2D eigenvalue weighted by Crippen LogP contribution is 2.35. The molecule has 1 aliphatic rings. The molecule has 0 aromatic rings. The Hall–Kier alpha value is -0.875. The monoisotopic (exact) mass is 365 g/mol. The maximum atomic E-state index is 11.9. The fourth-order valence-corrected chi connectivity index (χ4v) is 3.22. The lowest BCUT2D eigenvalue weighted by molar-refractivity contribution is -0.153. The average molecular weight is 365 g/mol. The van der Waals surface area contributed by atoms with Crippen LogP contribution in [0, 0.1) is 5.41 Å². The minimum Gasteiger partial charge on any atom is -0.465 e. The van der Waals surface area contributed by atoms with Gasteiger partial charge in [-0.3, -0.25) is 4.79 Å². The first kappa shape index (κ1) is 22.2. The van der Waals surface area contributed by atoms with E-state index in [9.17, 15) is 4.79 Å². The maximum absolute atomic E-state index is 11.9. The molecule has 25 heavy (non-hydrogen) atoms. The van der Waals surface area contributed by atoms with Crippen LogP contribution in [0.5, 0.6) is 0 Å². The van der Waals surface area contributed by atoms with Crippen molar-refractivity contribution in [3.63, 3.8) is 0 Å². The summed E-state index contributed by atoms with van der Waals surface area (Å²) in [6, 6.07) is 0. The molecular formula is C19H32BNO3S. The van der Waals surface area contributed by atoms with Gasteiger partial charge in [-0.2, -0.15) is 0 Å². The van der Waals surface area contributed by atoms with Gasteiger partial charge in [-0.05, 0) is 26.2 Å². The van der Waals surface area contributed by atoms with E-state index in [1.807, 2.05) is 6.92 Å². The van der Waals surface area contributed by atoms with Gasteiger partial charge in [-0.25, -0.2) is 0 Å². The molecule has 0 atom stereocenters. The summed E-state index contributed by atoms with van der Waals surface area (Å²) in [6.45, 7) is 14.6. The molecule has 0 aromatic heterocycles. The number of hydrogen-bond acceptors (Lipinski definition) is 5. The van der Waals surface area contributed by atoms with Gasteiger partial charge in [0, 0.05) is 25.2 Å². The largest absolute Gasteiger partial charge is 0.465 e. The van der Waals surface area contributed by atoms with Gasteiger partial charge >= 0.3 is 5.97 Å². The van der Waals surface area contributed by atoms with Crippen molar-refractivity contribution in [2.45, 2.75) is 58.8 Å². The summed E-state index contributed by atoms with van der Waals surface area (Å²) in [5, 5.41) is 0. The van der Waals surface area contributed by atoms with Crippen LogP contribution < -0.4 is 0 Å². The molecule has 140 valence electrons. The summed E-state index contributed by atoms with van der Waals surface area (Å²) in [6.07, 6.45) is 7.03. The average Bonchev–Trinajstić information content (AvgIpc) is 2.55. The van der Waals surface area contributed by atoms with Crippen molar-refractivity contribution in [2.24, 2.45) is 5.41 Å². The van der Waals surface area contributed by atoms with E-state index >= 15 is 0 Å². The van der Waals surface area contributed by atoms with Crippen LogP contribution >= 0.6 is 11.9 Å². The van der Waals surface area contributed by atoms with E-state index in [0.29, 0.717) is 26.1 Å². The lowest BCUT2D eigenvalue weighted by Crippen LogP contribution is -2.60. The zero-order valence-corrected chi connectivity index (χ0v) is 16.7. The number of unbranched alkanes of at least 4 members (excludes halogenated alkanes) is 3. The third-order valence-electron chi connectivity index (χ3n) is 4.55. The fourth-order valence-electron chi connectivity index (χ4n) is 2.91. The Morgan fingerprint density at radius 3 is 2.48 bits per heavy atom. The Morgan fingerprint density at radius 2 is 1.88 bits per heavy atom. The zero-order chi connectivity index (χ0) is 18.7. The second-order valence-corrected chi connectivity index (χ2v) is 7.64. The van der Waals surface area contributed by atoms with Crippen LogP contribution in [0.2, 0.25) is 0 Å². The third kappa shape index (κ3) is 8.36. The van der Waals surface area contributed by atoms with Crippen LogP contribution in [0.15, 0.2) is 24.4 Å². The Kier molecular flexibility index (Phi) is 10.4. The lowest BCUT2D eigenvalue weighted by Gasteiger charge is -2.51. The summed E-state index contributed by atoms with van der Waals surface area (Å²) in [5.41, 5.74) is 1.97. The Morgan fingerprint density at radius 1 is 1.16 bits per heavy atom. The lowest BCUT2D eigenvalue weighted by atomic mass is 9.80. The molecule has 0 unspecified atom stereocenters. The van der Waals surface area contributed by atoms with Crippen LogP contribution in [0.25, 0.3) is 0 Å². The molecule has 0 amide bonds. The fraction of sp³-hybridized carbons (Fsp3) is 0.737. The number of likely N-dealkylation sites (tertiary alicyclic amines) is 1. The van der Waals surface area contributed by atoms with Crippen molar-refractivity contribution >= 4 is 25.0 Å². The molecule has 1 fully saturated rings. The van der Waals surface area contributed by atoms with E-state index < -0.39 is 0 Å². The molecule has 1 saturated heterocycles. The van der Waals surface area contributed by atoms with Crippen molar-refractivity contribution in [1.29, 1.82) is 0 Å². The highest BCUT2D eigenvalue weighted by molar-refractivity contribution is 8.15. The normalized spacial score (nSPS) is 15.5. The van der Waals surface area contributed by atoms with Crippen LogP contribution in [-0.2, 0) is 13.7 Å². The Bertz CT molecular complexity index is 450. The second kappa shape index (κ2) is 11.7. The summed E-state index contributed by atoms with van der Waals surface area (Å²) in [7, 11) is 5.39. The van der Waals surface area contributed by atoms with Crippen LogP contribution in [-0.4, -0.2) is 44.3 Å². The van der Waals surface area contributed by atoms with E-state index in [1.54, 1.807) is 0 Å². The van der Waals surface area contributed by atoms with Crippen molar-refractivity contribution in [3.8, 4) is 0 Å². The summed E-state index contributed by atoms with van der Waals surface area (Å²) >= 11 is 0.862. The first-order valence-electron chi connectivity index (χ1n) is 9.13. The molecule has 0 N–H and O–H groups in total. The first-order chi connectivity index (χ1) is 11.9. The zero-order valence-electron chi connectivity index (χ0n) is 15.8. The number of carbonyl (C=O) groups is 1. The second-order valence-electron chi connectivity index (χ2n) is 7.21. The van der Waals surface area contributed by atoms with Crippen LogP contribution in [0.1, 0.15) is 58.8 Å². The van der Waals surface area contributed by atoms with Gasteiger partial charge in [-0.15, -0.1) is 6.58 Å². The summed E-state index contributed by atoms with van der Waals surface area (Å²) in [4.78, 5) is 14.1. The number of allylic oxidation sites excluding steroid dienone is 2. The minimum absolute atomic E-state index is 0.181. The number of esters is 1. The predicted molar refractivity (Wildman–Crippen MR) is 106 cm³/mol. The van der Waals surface area contributed by atoms with Gasteiger partial charge < -0.3 is 13.8 Å². The predicted octanol–water partition coefficient (Wildman–Crippen LogP) is 4.42. The van der Waals surface area contributed by atoms with E-state index in [-0.39, 0.29) is 11.4 Å². The standard InChI is InChI=1S/C19H32BNO3S/c1-5-6-7-8-9-17(4)21-12-19(13-21,15-24-25-20)14-23-18(22)11-10-16(2)3/h2,4-15H2,1,3H3. The Balaban J connectivity index is 2.39. The molecule has 2 radical (unpaired) electrons. The van der Waals surface area contributed by atoms with Crippen molar-refractivity contribution in [3.05, 3.63) is 24.4 Å². The van der Waals surface area contributed by atoms with Gasteiger partial charge in [0.15, 0.2) is 0 Å². The van der Waals surface area contributed by atoms with Crippen molar-refractivity contribution < 1.29 is 13.7 Å². The molecule has 4 nitrogen and oxygen atoms in total. The molecule has 0 aliphatic carbocycles. The molecule has 0 spiro atoms. The van der Waals surface area contributed by atoms with E-state index in [1.165, 1.54) is 31.4 Å². The first-order valence-corrected chi connectivity index (χ1v) is 9.94. The molecule has 6 heteroatoms. The van der Waals surface area contributed by atoms with Gasteiger partial charge in [0.2, 0.25) is 7.12 Å². The number of nitrogens with zero attached hydrogens (tertiary/aromatic N) is 1. The maximum Gasteiger partial charge on any atom is 0.306 e. The van der Waals surface area contributed by atoms with E-state index in [2.05, 4.69) is 25.0 Å². The molecule has 0 saturated carbocycles. The summed E-state index contributed by atoms with van der Waals surface area (Å²) in [5.74, 6) is -0.181. The number of ether oxygens (including phenoxy) is 1. The molecular weight excluding hydrogens is 333 g/mol. The van der Waals surface area contributed by atoms with E-state index in [0.717, 1.165) is 37.0 Å². The quantitative estimate of drug-likeness (QED) is 0.150. The molecule has 1 rings (SSSR count). The molecule has 0 aromatic carbocycles. The van der Waals surface area contributed by atoms with Crippen LogP contribution in [0.4, 0.5) is 0 Å². The number of rotatable bonds is 14.